The van der Waals surface area contributed by atoms with Gasteiger partial charge in [-0.1, -0.05) is 42.6 Å². The van der Waals surface area contributed by atoms with Gasteiger partial charge in [-0.2, -0.15) is 5.10 Å². The standard InChI is InChI=1S/C13H23BrN2/c1-4-6-7-13(5-2,11-14)8-12-9-15-16(3)10-12/h9-10H,4-8,11H2,1-3H3. The first-order valence-electron chi connectivity index (χ1n) is 6.19. The normalized spacial score (nSPS) is 15.0. The third-order valence-electron chi connectivity index (χ3n) is 3.43. The maximum Gasteiger partial charge on any atom is 0.0521 e. The Morgan fingerprint density at radius 1 is 1.44 bits per heavy atom. The molecule has 2 nitrogen and oxygen atoms in total. The summed E-state index contributed by atoms with van der Waals surface area (Å²) < 4.78 is 1.89. The fourth-order valence-corrected chi connectivity index (χ4v) is 3.02. The Morgan fingerprint density at radius 2 is 2.19 bits per heavy atom. The maximum atomic E-state index is 4.25. The number of aromatic nitrogens is 2. The zero-order valence-electron chi connectivity index (χ0n) is 10.7. The highest BCUT2D eigenvalue weighted by atomic mass is 79.9. The van der Waals surface area contributed by atoms with Crippen LogP contribution in [0.4, 0.5) is 0 Å². The fraction of sp³-hybridized carbons (Fsp3) is 0.769. The van der Waals surface area contributed by atoms with Gasteiger partial charge in [0.2, 0.25) is 0 Å². The minimum atomic E-state index is 0.416. The molecule has 0 aromatic carbocycles. The zero-order chi connectivity index (χ0) is 12.0. The van der Waals surface area contributed by atoms with Gasteiger partial charge in [-0.3, -0.25) is 4.68 Å². The van der Waals surface area contributed by atoms with Crippen molar-refractivity contribution >= 4 is 15.9 Å². The molecule has 16 heavy (non-hydrogen) atoms. The van der Waals surface area contributed by atoms with E-state index in [2.05, 4.69) is 41.1 Å². The minimum Gasteiger partial charge on any atom is -0.276 e. The predicted octanol–water partition coefficient (Wildman–Crippen LogP) is 3.94. The van der Waals surface area contributed by atoms with Crippen LogP contribution in [0.25, 0.3) is 0 Å². The molecule has 1 heterocycles. The number of unbranched alkanes of at least 4 members (excludes halogenated alkanes) is 1. The number of nitrogens with zero attached hydrogens (tertiary/aromatic N) is 2. The highest BCUT2D eigenvalue weighted by Crippen LogP contribution is 2.34. The van der Waals surface area contributed by atoms with Crippen molar-refractivity contribution in [2.75, 3.05) is 5.33 Å². The molecule has 1 aromatic rings. The van der Waals surface area contributed by atoms with Gasteiger partial charge in [0, 0.05) is 18.6 Å². The van der Waals surface area contributed by atoms with Gasteiger partial charge in [0.15, 0.2) is 0 Å². The van der Waals surface area contributed by atoms with Crippen molar-refractivity contribution in [3.8, 4) is 0 Å². The molecule has 0 aliphatic heterocycles. The lowest BCUT2D eigenvalue weighted by atomic mass is 9.78. The van der Waals surface area contributed by atoms with Crippen LogP contribution in [-0.4, -0.2) is 15.1 Å². The highest BCUT2D eigenvalue weighted by Gasteiger charge is 2.27. The Morgan fingerprint density at radius 3 is 2.62 bits per heavy atom. The molecule has 1 atom stereocenters. The molecule has 1 rings (SSSR count). The van der Waals surface area contributed by atoms with E-state index in [-0.39, 0.29) is 0 Å². The maximum absolute atomic E-state index is 4.25. The van der Waals surface area contributed by atoms with Gasteiger partial charge in [-0.25, -0.2) is 0 Å². The molecule has 0 spiro atoms. The van der Waals surface area contributed by atoms with Gasteiger partial charge in [0.05, 0.1) is 6.20 Å². The van der Waals surface area contributed by atoms with Crippen molar-refractivity contribution < 1.29 is 0 Å². The number of halogens is 1. The van der Waals surface area contributed by atoms with E-state index in [0.717, 1.165) is 11.8 Å². The van der Waals surface area contributed by atoms with E-state index in [4.69, 9.17) is 0 Å². The minimum absolute atomic E-state index is 0.416. The Bertz CT molecular complexity index is 303. The second-order valence-corrected chi connectivity index (χ2v) is 5.35. The summed E-state index contributed by atoms with van der Waals surface area (Å²) in [5.41, 5.74) is 1.78. The van der Waals surface area contributed by atoms with E-state index in [1.807, 2.05) is 17.9 Å². The van der Waals surface area contributed by atoms with Crippen molar-refractivity contribution in [1.29, 1.82) is 0 Å². The summed E-state index contributed by atoms with van der Waals surface area (Å²) in [6, 6.07) is 0. The molecule has 0 saturated heterocycles. The molecular weight excluding hydrogens is 264 g/mol. The van der Waals surface area contributed by atoms with Gasteiger partial charge in [-0.15, -0.1) is 0 Å². The van der Waals surface area contributed by atoms with Crippen LogP contribution in [0.15, 0.2) is 12.4 Å². The van der Waals surface area contributed by atoms with Crippen LogP contribution >= 0.6 is 15.9 Å². The Balaban J connectivity index is 2.69. The first-order chi connectivity index (χ1) is 7.65. The SMILES string of the molecule is CCCCC(CC)(CBr)Cc1cnn(C)c1. The van der Waals surface area contributed by atoms with Crippen molar-refractivity contribution in [1.82, 2.24) is 9.78 Å². The average Bonchev–Trinajstić information content (AvgIpc) is 2.70. The van der Waals surface area contributed by atoms with Gasteiger partial charge >= 0.3 is 0 Å². The number of hydrogen-bond donors (Lipinski definition) is 0. The van der Waals surface area contributed by atoms with E-state index in [0.29, 0.717) is 5.41 Å². The van der Waals surface area contributed by atoms with E-state index in [9.17, 15) is 0 Å². The second kappa shape index (κ2) is 6.43. The van der Waals surface area contributed by atoms with E-state index >= 15 is 0 Å². The fourth-order valence-electron chi connectivity index (χ4n) is 2.15. The molecule has 0 aliphatic rings. The van der Waals surface area contributed by atoms with Crippen LogP contribution in [0, 0.1) is 5.41 Å². The molecule has 0 fully saturated rings. The summed E-state index contributed by atoms with van der Waals surface area (Å²) in [5.74, 6) is 0. The smallest absolute Gasteiger partial charge is 0.0521 e. The summed E-state index contributed by atoms with van der Waals surface area (Å²) in [6.07, 6.45) is 10.4. The molecule has 3 heteroatoms. The van der Waals surface area contributed by atoms with Crippen molar-refractivity contribution in [3.05, 3.63) is 18.0 Å². The third-order valence-corrected chi connectivity index (χ3v) is 4.62. The van der Waals surface area contributed by atoms with Crippen molar-refractivity contribution in [3.63, 3.8) is 0 Å². The van der Waals surface area contributed by atoms with Gasteiger partial charge in [0.1, 0.15) is 0 Å². The highest BCUT2D eigenvalue weighted by molar-refractivity contribution is 9.09. The van der Waals surface area contributed by atoms with Crippen LogP contribution in [0.1, 0.15) is 45.1 Å². The molecule has 92 valence electrons. The van der Waals surface area contributed by atoms with Crippen molar-refractivity contribution in [2.24, 2.45) is 12.5 Å². The summed E-state index contributed by atoms with van der Waals surface area (Å²) in [4.78, 5) is 0. The van der Waals surface area contributed by atoms with Gasteiger partial charge in [0.25, 0.3) is 0 Å². The van der Waals surface area contributed by atoms with Crippen LogP contribution < -0.4 is 0 Å². The van der Waals surface area contributed by atoms with Crippen molar-refractivity contribution in [2.45, 2.75) is 46.0 Å². The quantitative estimate of drug-likeness (QED) is 0.694. The van der Waals surface area contributed by atoms with Crippen LogP contribution in [0.2, 0.25) is 0 Å². The number of alkyl halides is 1. The summed E-state index contributed by atoms with van der Waals surface area (Å²) in [6.45, 7) is 4.56. The van der Waals surface area contributed by atoms with Gasteiger partial charge in [-0.05, 0) is 30.2 Å². The molecule has 0 bridgehead atoms. The molecule has 1 unspecified atom stereocenters. The summed E-state index contributed by atoms with van der Waals surface area (Å²) in [5, 5.41) is 5.34. The predicted molar refractivity (Wildman–Crippen MR) is 73.0 cm³/mol. The van der Waals surface area contributed by atoms with E-state index in [1.165, 1.54) is 31.2 Å². The Kier molecular flexibility index (Phi) is 5.53. The lowest BCUT2D eigenvalue weighted by Crippen LogP contribution is -2.24. The molecular formula is C13H23BrN2. The number of hydrogen-bond acceptors (Lipinski definition) is 1. The Labute approximate surface area is 108 Å². The molecule has 0 N–H and O–H groups in total. The number of rotatable bonds is 7. The summed E-state index contributed by atoms with van der Waals surface area (Å²) in [7, 11) is 1.98. The monoisotopic (exact) mass is 286 g/mol. The Hall–Kier alpha value is -0.310. The van der Waals surface area contributed by atoms with Gasteiger partial charge < -0.3 is 0 Å². The van der Waals surface area contributed by atoms with Crippen LogP contribution in [0.5, 0.6) is 0 Å². The van der Waals surface area contributed by atoms with Crippen LogP contribution in [0.3, 0.4) is 0 Å². The van der Waals surface area contributed by atoms with E-state index < -0.39 is 0 Å². The summed E-state index contributed by atoms with van der Waals surface area (Å²) >= 11 is 3.70. The first-order valence-corrected chi connectivity index (χ1v) is 7.31. The zero-order valence-corrected chi connectivity index (χ0v) is 12.3. The van der Waals surface area contributed by atoms with Crippen LogP contribution in [-0.2, 0) is 13.5 Å². The third kappa shape index (κ3) is 3.62. The largest absolute Gasteiger partial charge is 0.276 e. The lowest BCUT2D eigenvalue weighted by Gasteiger charge is -2.30. The number of aryl methyl sites for hydroxylation is 1. The molecule has 0 radical (unpaired) electrons. The van der Waals surface area contributed by atoms with E-state index in [1.54, 1.807) is 0 Å². The first kappa shape index (κ1) is 13.8. The molecule has 0 saturated carbocycles. The second-order valence-electron chi connectivity index (χ2n) is 4.79. The average molecular weight is 287 g/mol. The molecule has 0 amide bonds. The topological polar surface area (TPSA) is 17.8 Å². The molecule has 0 aliphatic carbocycles. The lowest BCUT2D eigenvalue weighted by molar-refractivity contribution is 0.284. The molecule has 1 aromatic heterocycles.